The number of carboxylic acid groups (broad SMARTS) is 1. The first-order chi connectivity index (χ1) is 26.0. The van der Waals surface area contributed by atoms with E-state index in [1.165, 1.54) is 24.3 Å². The van der Waals surface area contributed by atoms with Crippen LogP contribution in [-0.2, 0) is 14.3 Å². The number of primary amides is 2. The van der Waals surface area contributed by atoms with Crippen LogP contribution in [-0.4, -0.2) is 86.4 Å². The van der Waals surface area contributed by atoms with Gasteiger partial charge in [0.1, 0.15) is 6.61 Å². The second-order valence-electron chi connectivity index (χ2n) is 11.6. The van der Waals surface area contributed by atoms with Crippen molar-refractivity contribution in [3.05, 3.63) is 89.5 Å². The van der Waals surface area contributed by atoms with E-state index in [0.717, 1.165) is 28.7 Å². The largest absolute Gasteiger partial charge is 0.478 e. The third kappa shape index (κ3) is 15.2. The third-order valence-electron chi connectivity index (χ3n) is 7.80. The molecule has 292 valence electrons. The molecule has 0 saturated heterocycles. The lowest BCUT2D eigenvalue weighted by Crippen LogP contribution is -2.48. The number of benzene rings is 3. The number of nitrogens with one attached hydrogen (secondary N) is 6. The molecule has 0 aromatic heterocycles. The van der Waals surface area contributed by atoms with E-state index in [9.17, 15) is 28.8 Å². The van der Waals surface area contributed by atoms with E-state index in [4.69, 9.17) is 21.3 Å². The number of carboxylic acids is 1. The average Bonchev–Trinajstić information content (AvgIpc) is 3.49. The van der Waals surface area contributed by atoms with Crippen LogP contribution in [0.1, 0.15) is 67.4 Å². The summed E-state index contributed by atoms with van der Waals surface area (Å²) in [6.45, 7) is 7.16. The topological polar surface area (TPSA) is 256 Å². The first kappa shape index (κ1) is 44.0. The van der Waals surface area contributed by atoms with Crippen LogP contribution >= 0.6 is 0 Å². The Morgan fingerprint density at radius 2 is 1.31 bits per heavy atom. The molecule has 16 heteroatoms. The number of amides is 7. The van der Waals surface area contributed by atoms with Crippen molar-refractivity contribution in [2.45, 2.75) is 52.0 Å². The Morgan fingerprint density at radius 3 is 1.85 bits per heavy atom. The summed E-state index contributed by atoms with van der Waals surface area (Å²) in [7, 11) is 0. The van der Waals surface area contributed by atoms with Gasteiger partial charge < -0.3 is 53.2 Å². The molecule has 1 atom stereocenters. The van der Waals surface area contributed by atoms with Gasteiger partial charge in [-0.3, -0.25) is 9.59 Å². The number of anilines is 1. The lowest BCUT2D eigenvalue weighted by molar-refractivity contribution is -0.125. The number of hydrogen-bond donors (Lipinski definition) is 9. The molecule has 0 aliphatic heterocycles. The van der Waals surface area contributed by atoms with Gasteiger partial charge in [-0.15, -0.1) is 0 Å². The summed E-state index contributed by atoms with van der Waals surface area (Å²) in [5.41, 5.74) is 14.8. The van der Waals surface area contributed by atoms with Gasteiger partial charge in [0, 0.05) is 37.8 Å². The van der Waals surface area contributed by atoms with Crippen LogP contribution in [0, 0.1) is 0 Å². The van der Waals surface area contributed by atoms with Crippen LogP contribution in [0.4, 0.5) is 20.1 Å². The summed E-state index contributed by atoms with van der Waals surface area (Å²) in [6, 6.07) is 19.9. The van der Waals surface area contributed by atoms with E-state index < -0.39 is 42.0 Å². The second-order valence-corrected chi connectivity index (χ2v) is 11.6. The maximum absolute atomic E-state index is 12.9. The fraction of sp³-hybridized carbons (Fsp3) is 0.368. The lowest BCUT2D eigenvalue weighted by Gasteiger charge is -2.19. The predicted octanol–water partition coefficient (Wildman–Crippen LogP) is 3.48. The van der Waals surface area contributed by atoms with Gasteiger partial charge >= 0.3 is 24.1 Å². The highest BCUT2D eigenvalue weighted by Crippen LogP contribution is 2.44. The molecule has 1 unspecified atom stereocenters. The average molecular weight is 749 g/mol. The maximum Gasteiger partial charge on any atom is 0.407 e. The molecule has 1 aliphatic rings. The number of carbonyl (C=O) groups excluding carboxylic acids is 5. The Labute approximate surface area is 315 Å². The van der Waals surface area contributed by atoms with Crippen LogP contribution in [0.2, 0.25) is 0 Å². The first-order valence-electron chi connectivity index (χ1n) is 17.8. The zero-order valence-corrected chi connectivity index (χ0v) is 30.9. The van der Waals surface area contributed by atoms with Crippen molar-refractivity contribution in [2.24, 2.45) is 11.5 Å². The minimum absolute atomic E-state index is 0.0651. The fourth-order valence-electron chi connectivity index (χ4n) is 5.34. The fourth-order valence-corrected chi connectivity index (χ4v) is 5.34. The van der Waals surface area contributed by atoms with Gasteiger partial charge in [0.05, 0.1) is 18.2 Å². The number of fused-ring (bicyclic) bond motifs is 3. The molecular formula is C38H52N8O8. The van der Waals surface area contributed by atoms with Crippen molar-refractivity contribution in [1.82, 2.24) is 26.6 Å². The normalized spacial score (nSPS) is 11.4. The molecule has 0 heterocycles. The van der Waals surface area contributed by atoms with E-state index in [-0.39, 0.29) is 44.3 Å². The van der Waals surface area contributed by atoms with E-state index in [2.05, 4.69) is 44.0 Å². The third-order valence-corrected chi connectivity index (χ3v) is 7.80. The highest BCUT2D eigenvalue weighted by molar-refractivity contribution is 5.96. The van der Waals surface area contributed by atoms with E-state index >= 15 is 0 Å². The van der Waals surface area contributed by atoms with Crippen molar-refractivity contribution in [2.75, 3.05) is 44.6 Å². The summed E-state index contributed by atoms with van der Waals surface area (Å²) in [6.07, 6.45) is 1.09. The molecule has 1 aliphatic carbocycles. The summed E-state index contributed by atoms with van der Waals surface area (Å²) in [5, 5.41) is 24.8. The molecule has 7 amide bonds. The Balaban J connectivity index is 0.00000100. The quantitative estimate of drug-likeness (QED) is 0.0915. The molecule has 0 radical (unpaired) electrons. The minimum atomic E-state index is -1.09. The second kappa shape index (κ2) is 24.2. The number of carbonyl (C=O) groups is 6. The van der Waals surface area contributed by atoms with Crippen LogP contribution in [0.5, 0.6) is 0 Å². The smallest absolute Gasteiger partial charge is 0.407 e. The molecule has 54 heavy (non-hydrogen) atoms. The van der Waals surface area contributed by atoms with Crippen LogP contribution in [0.3, 0.4) is 0 Å². The molecule has 4 rings (SSSR count). The summed E-state index contributed by atoms with van der Waals surface area (Å²) < 4.78 is 5.55. The number of nitrogens with two attached hydrogens (primary N) is 2. The molecule has 0 bridgehead atoms. The zero-order chi connectivity index (χ0) is 39.9. The lowest BCUT2D eigenvalue weighted by atomic mass is 9.98. The minimum Gasteiger partial charge on any atom is -0.478 e. The molecule has 3 aromatic carbocycles. The number of hydrogen-bond acceptors (Lipinski definition) is 8. The summed E-state index contributed by atoms with van der Waals surface area (Å²) >= 11 is 0. The molecule has 0 spiro atoms. The van der Waals surface area contributed by atoms with Gasteiger partial charge in [-0.1, -0.05) is 69.3 Å². The Bertz CT molecular complexity index is 1640. The standard InChI is InChI=1S/C32H36N6O7.C4H10N2O.C2H6/c33-31(43)35-15-5-10-27(29(40)37-18-28(39)38-21-13-11-20(12-14-21)30(41)42)34-16-17-36-32(44)45-19-26-24-8-3-1-6-22(24)23-7-2-4-9-25(23)26;1-2-3-6-4(5)7;1-2/h1-4,6-9,11-14,26-27,34H,5,10,15-19H2,(H,36,44)(H,37,40)(H,38,39)(H,41,42)(H3,33,35,43);2-3H2,1H3,(H3,5,6,7);1-2H3. The molecule has 0 fully saturated rings. The van der Waals surface area contributed by atoms with E-state index in [1.54, 1.807) is 0 Å². The maximum atomic E-state index is 12.9. The number of aromatic carboxylic acids is 1. The highest BCUT2D eigenvalue weighted by Gasteiger charge is 2.29. The molecule has 0 saturated carbocycles. The van der Waals surface area contributed by atoms with Gasteiger partial charge in [-0.25, -0.2) is 19.2 Å². The van der Waals surface area contributed by atoms with Gasteiger partial charge in [0.25, 0.3) is 0 Å². The first-order valence-corrected chi connectivity index (χ1v) is 17.8. The van der Waals surface area contributed by atoms with Gasteiger partial charge in [-0.2, -0.15) is 0 Å². The summed E-state index contributed by atoms with van der Waals surface area (Å²) in [5.74, 6) is -2.10. The van der Waals surface area contributed by atoms with Crippen molar-refractivity contribution in [1.29, 1.82) is 0 Å². The number of rotatable bonds is 17. The SMILES string of the molecule is CC.CCCNC(N)=O.NC(=O)NCCCC(NCCNC(=O)OCC1c2ccccc2-c2ccccc21)C(=O)NCC(=O)Nc1ccc(C(=O)O)cc1. The Kier molecular flexibility index (Phi) is 19.7. The monoisotopic (exact) mass is 748 g/mol. The highest BCUT2D eigenvalue weighted by atomic mass is 16.5. The molecule has 3 aromatic rings. The van der Waals surface area contributed by atoms with Gasteiger partial charge in [0.15, 0.2) is 0 Å². The van der Waals surface area contributed by atoms with E-state index in [1.807, 2.05) is 57.2 Å². The number of urea groups is 2. The van der Waals surface area contributed by atoms with Crippen molar-refractivity contribution in [3.8, 4) is 11.1 Å². The predicted molar refractivity (Wildman–Crippen MR) is 206 cm³/mol. The van der Waals surface area contributed by atoms with Crippen LogP contribution < -0.4 is 43.4 Å². The molecule has 16 nitrogen and oxygen atoms in total. The zero-order valence-electron chi connectivity index (χ0n) is 30.9. The van der Waals surface area contributed by atoms with Crippen LogP contribution in [0.15, 0.2) is 72.8 Å². The molecule has 11 N–H and O–H groups in total. The Hall–Kier alpha value is -6.16. The number of ether oxygens (including phenoxy) is 1. The van der Waals surface area contributed by atoms with E-state index in [0.29, 0.717) is 25.1 Å². The Morgan fingerprint density at radius 1 is 0.741 bits per heavy atom. The summed E-state index contributed by atoms with van der Waals surface area (Å²) in [4.78, 5) is 69.6. The van der Waals surface area contributed by atoms with Gasteiger partial charge in [0.2, 0.25) is 11.8 Å². The number of alkyl carbamates (subject to hydrolysis) is 1. The molecular weight excluding hydrogens is 696 g/mol. The van der Waals surface area contributed by atoms with Crippen LogP contribution in [0.25, 0.3) is 11.1 Å². The van der Waals surface area contributed by atoms with Crippen molar-refractivity contribution >= 4 is 41.6 Å². The van der Waals surface area contributed by atoms with Gasteiger partial charge in [-0.05, 0) is 65.8 Å². The van der Waals surface area contributed by atoms with Crippen molar-refractivity contribution in [3.63, 3.8) is 0 Å². The van der Waals surface area contributed by atoms with Crippen molar-refractivity contribution < 1.29 is 38.6 Å².